The highest BCUT2D eigenvalue weighted by molar-refractivity contribution is 6.03. The number of para-hydroxylation sites is 1. The molecular formula is C28H27N5O3. The molecule has 1 fully saturated rings. The van der Waals surface area contributed by atoms with Crippen LogP contribution in [0.15, 0.2) is 85.1 Å². The van der Waals surface area contributed by atoms with Crippen LogP contribution in [0.2, 0.25) is 0 Å². The first-order valence-electron chi connectivity index (χ1n) is 12.0. The van der Waals surface area contributed by atoms with Crippen LogP contribution in [-0.4, -0.2) is 46.9 Å². The van der Waals surface area contributed by atoms with Gasteiger partial charge in [0.2, 0.25) is 5.91 Å². The molecule has 36 heavy (non-hydrogen) atoms. The van der Waals surface area contributed by atoms with Gasteiger partial charge in [-0.2, -0.15) is 0 Å². The van der Waals surface area contributed by atoms with Gasteiger partial charge in [0.25, 0.3) is 5.69 Å². The number of hydrogen-bond donors (Lipinski definition) is 1. The summed E-state index contributed by atoms with van der Waals surface area (Å²) in [5.41, 5.74) is 4.35. The molecule has 2 heterocycles. The van der Waals surface area contributed by atoms with Gasteiger partial charge in [0.05, 0.1) is 34.4 Å². The largest absolute Gasteiger partial charge is 0.367 e. The number of piperazine rings is 1. The molecule has 3 aromatic carbocycles. The fraction of sp³-hybridized carbons (Fsp3) is 0.214. The molecule has 182 valence electrons. The lowest BCUT2D eigenvalue weighted by Gasteiger charge is -2.37. The monoisotopic (exact) mass is 481 g/mol. The quantitative estimate of drug-likeness (QED) is 0.305. The van der Waals surface area contributed by atoms with Gasteiger partial charge in [0.1, 0.15) is 0 Å². The summed E-state index contributed by atoms with van der Waals surface area (Å²) < 4.78 is 0. The average Bonchev–Trinajstić information content (AvgIpc) is 2.90. The zero-order valence-corrected chi connectivity index (χ0v) is 19.8. The molecular weight excluding hydrogens is 454 g/mol. The Labute approximate surface area is 209 Å². The van der Waals surface area contributed by atoms with Gasteiger partial charge in [0.15, 0.2) is 0 Å². The van der Waals surface area contributed by atoms with Crippen LogP contribution in [0.4, 0.5) is 17.1 Å². The first-order valence-corrected chi connectivity index (χ1v) is 12.0. The highest BCUT2D eigenvalue weighted by Crippen LogP contribution is 2.34. The van der Waals surface area contributed by atoms with E-state index in [1.165, 1.54) is 17.7 Å². The number of nitro groups is 1. The zero-order chi connectivity index (χ0) is 24.9. The van der Waals surface area contributed by atoms with Crippen LogP contribution in [0.5, 0.6) is 0 Å². The van der Waals surface area contributed by atoms with Crippen molar-refractivity contribution in [3.8, 4) is 0 Å². The molecule has 1 N–H and O–H groups in total. The van der Waals surface area contributed by atoms with Crippen molar-refractivity contribution in [2.24, 2.45) is 0 Å². The van der Waals surface area contributed by atoms with Crippen molar-refractivity contribution in [1.82, 2.24) is 9.88 Å². The molecule has 0 saturated carbocycles. The van der Waals surface area contributed by atoms with Gasteiger partial charge in [-0.25, -0.2) is 0 Å². The van der Waals surface area contributed by atoms with Crippen molar-refractivity contribution in [3.63, 3.8) is 0 Å². The normalized spacial score (nSPS) is 14.1. The second-order valence-electron chi connectivity index (χ2n) is 8.94. The van der Waals surface area contributed by atoms with Gasteiger partial charge in [-0.15, -0.1) is 0 Å². The van der Waals surface area contributed by atoms with Gasteiger partial charge in [-0.05, 0) is 17.2 Å². The molecule has 8 nitrogen and oxygen atoms in total. The van der Waals surface area contributed by atoms with Gasteiger partial charge in [-0.3, -0.25) is 24.8 Å². The van der Waals surface area contributed by atoms with Crippen LogP contribution in [0.3, 0.4) is 0 Å². The highest BCUT2D eigenvalue weighted by Gasteiger charge is 2.23. The van der Waals surface area contributed by atoms with Crippen LogP contribution in [0.25, 0.3) is 10.9 Å². The first-order chi connectivity index (χ1) is 17.6. The number of amides is 1. The number of pyridine rings is 1. The fourth-order valence-corrected chi connectivity index (χ4v) is 4.69. The Morgan fingerprint density at radius 1 is 0.917 bits per heavy atom. The van der Waals surface area contributed by atoms with Crippen molar-refractivity contribution < 1.29 is 9.72 Å². The maximum atomic E-state index is 13.0. The Hall–Kier alpha value is -4.30. The number of carbonyl (C=O) groups is 1. The minimum Gasteiger partial charge on any atom is -0.367 e. The molecule has 1 amide bonds. The van der Waals surface area contributed by atoms with Crippen molar-refractivity contribution >= 4 is 33.9 Å². The maximum Gasteiger partial charge on any atom is 0.269 e. The van der Waals surface area contributed by atoms with Crippen molar-refractivity contribution in [1.29, 1.82) is 0 Å². The number of carbonyl (C=O) groups excluding carboxylic acids is 1. The van der Waals surface area contributed by atoms with Crippen LogP contribution in [-0.2, 0) is 17.8 Å². The third kappa shape index (κ3) is 5.34. The number of rotatable bonds is 7. The number of nitrogens with zero attached hydrogens (tertiary/aromatic N) is 4. The van der Waals surface area contributed by atoms with Gasteiger partial charge in [0, 0.05) is 50.2 Å². The number of non-ortho nitro benzene ring substituents is 1. The SMILES string of the molecule is O=C(Cc1cccc([N+](=O)[O-])c1)Nc1cnc2ccccc2c1N1CCN(Cc2ccccc2)CC1. The number of nitrogens with one attached hydrogen (secondary N) is 1. The molecule has 1 aromatic heterocycles. The number of aromatic nitrogens is 1. The Morgan fingerprint density at radius 3 is 2.42 bits per heavy atom. The lowest BCUT2D eigenvalue weighted by atomic mass is 10.1. The van der Waals surface area contributed by atoms with Gasteiger partial charge < -0.3 is 10.2 Å². The Kier molecular flexibility index (Phi) is 6.86. The second kappa shape index (κ2) is 10.5. The lowest BCUT2D eigenvalue weighted by molar-refractivity contribution is -0.384. The van der Waals surface area contributed by atoms with E-state index < -0.39 is 4.92 Å². The summed E-state index contributed by atoms with van der Waals surface area (Å²) in [5, 5.41) is 15.1. The Bertz CT molecular complexity index is 1380. The number of hydrogen-bond acceptors (Lipinski definition) is 6. The van der Waals surface area contributed by atoms with Crippen LogP contribution in [0, 0.1) is 10.1 Å². The predicted octanol–water partition coefficient (Wildman–Crippen LogP) is 4.65. The van der Waals surface area contributed by atoms with Crippen LogP contribution in [0.1, 0.15) is 11.1 Å². The first kappa shape index (κ1) is 23.4. The van der Waals surface area contributed by atoms with E-state index in [4.69, 9.17) is 0 Å². The predicted molar refractivity (Wildman–Crippen MR) is 141 cm³/mol. The molecule has 0 aliphatic carbocycles. The van der Waals surface area contributed by atoms with E-state index >= 15 is 0 Å². The number of benzene rings is 3. The Morgan fingerprint density at radius 2 is 1.64 bits per heavy atom. The molecule has 5 rings (SSSR count). The summed E-state index contributed by atoms with van der Waals surface area (Å²) >= 11 is 0. The molecule has 0 bridgehead atoms. The lowest BCUT2D eigenvalue weighted by Crippen LogP contribution is -2.46. The molecule has 8 heteroatoms. The third-order valence-corrected chi connectivity index (χ3v) is 6.44. The topological polar surface area (TPSA) is 91.6 Å². The minimum atomic E-state index is -0.454. The Balaban J connectivity index is 1.35. The molecule has 1 aliphatic heterocycles. The number of fused-ring (bicyclic) bond motifs is 1. The highest BCUT2D eigenvalue weighted by atomic mass is 16.6. The standard InChI is InChI=1S/C28H27N5O3/c34-27(18-22-9-6-10-23(17-22)33(35)36)30-26-19-29-25-12-5-4-11-24(25)28(26)32-15-13-31(14-16-32)20-21-7-2-1-3-8-21/h1-12,17,19H,13-16,18,20H2,(H,30,34). The summed E-state index contributed by atoms with van der Waals surface area (Å²) in [6, 6.07) is 24.6. The summed E-state index contributed by atoms with van der Waals surface area (Å²) in [7, 11) is 0. The van der Waals surface area contributed by atoms with Crippen LogP contribution < -0.4 is 10.2 Å². The zero-order valence-electron chi connectivity index (χ0n) is 19.8. The van der Waals surface area contributed by atoms with E-state index in [0.29, 0.717) is 11.3 Å². The molecule has 1 aliphatic rings. The van der Waals surface area contributed by atoms with Gasteiger partial charge in [-0.1, -0.05) is 60.7 Å². The second-order valence-corrected chi connectivity index (χ2v) is 8.94. The molecule has 4 aromatic rings. The van der Waals surface area contributed by atoms with Crippen molar-refractivity contribution in [2.45, 2.75) is 13.0 Å². The summed E-state index contributed by atoms with van der Waals surface area (Å²) in [6.07, 6.45) is 1.75. The van der Waals surface area contributed by atoms with E-state index in [1.54, 1.807) is 18.3 Å². The van der Waals surface area contributed by atoms with E-state index in [9.17, 15) is 14.9 Å². The van der Waals surface area contributed by atoms with Crippen molar-refractivity contribution in [2.75, 3.05) is 36.4 Å². The van der Waals surface area contributed by atoms with E-state index in [1.807, 2.05) is 30.3 Å². The molecule has 0 radical (unpaired) electrons. The number of nitro benzene ring substituents is 1. The third-order valence-electron chi connectivity index (χ3n) is 6.44. The summed E-state index contributed by atoms with van der Waals surface area (Å²) in [5.74, 6) is -0.239. The van der Waals surface area contributed by atoms with Crippen molar-refractivity contribution in [3.05, 3.63) is 106 Å². The van der Waals surface area contributed by atoms with Crippen LogP contribution >= 0.6 is 0 Å². The maximum absolute atomic E-state index is 13.0. The smallest absolute Gasteiger partial charge is 0.269 e. The summed E-state index contributed by atoms with van der Waals surface area (Å²) in [4.78, 5) is 32.9. The molecule has 1 saturated heterocycles. The number of anilines is 2. The minimum absolute atomic E-state index is 0.0262. The molecule has 0 atom stereocenters. The van der Waals surface area contributed by atoms with Gasteiger partial charge >= 0.3 is 0 Å². The van der Waals surface area contributed by atoms with E-state index in [0.717, 1.165) is 49.3 Å². The molecule has 0 unspecified atom stereocenters. The average molecular weight is 482 g/mol. The molecule has 0 spiro atoms. The van der Waals surface area contributed by atoms with E-state index in [-0.39, 0.29) is 18.0 Å². The van der Waals surface area contributed by atoms with E-state index in [2.05, 4.69) is 44.4 Å². The fourth-order valence-electron chi connectivity index (χ4n) is 4.69. The summed E-state index contributed by atoms with van der Waals surface area (Å²) in [6.45, 7) is 4.39.